The SMILES string of the molecule is CC#CCOc1ccccc1S(=O)(=O)C1(C(=O)OC)CCN(S(=O)(=O)C(F)(F)F)CC1. The maximum Gasteiger partial charge on any atom is 0.511 e. The molecule has 8 nitrogen and oxygen atoms in total. The number of para-hydroxylation sites is 1. The second kappa shape index (κ2) is 9.05. The van der Waals surface area contributed by atoms with E-state index in [-0.39, 0.29) is 21.6 Å². The van der Waals surface area contributed by atoms with Gasteiger partial charge in [-0.15, -0.1) is 5.92 Å². The molecule has 13 heteroatoms. The zero-order valence-corrected chi connectivity index (χ0v) is 18.2. The molecule has 31 heavy (non-hydrogen) atoms. The minimum absolute atomic E-state index is 0.0983. The van der Waals surface area contributed by atoms with Crippen molar-refractivity contribution in [2.24, 2.45) is 0 Å². The minimum Gasteiger partial charge on any atom is -0.480 e. The number of hydrogen-bond acceptors (Lipinski definition) is 7. The number of sulfone groups is 1. The van der Waals surface area contributed by atoms with Crippen LogP contribution in [0.3, 0.4) is 0 Å². The lowest BCUT2D eigenvalue weighted by Crippen LogP contribution is -2.57. The highest BCUT2D eigenvalue weighted by molar-refractivity contribution is 7.93. The fraction of sp³-hybridized carbons (Fsp3) is 0.500. The Morgan fingerprint density at radius 1 is 1.16 bits per heavy atom. The number of ether oxygens (including phenoxy) is 2. The average Bonchev–Trinajstić information content (AvgIpc) is 2.72. The number of sulfonamides is 1. The Bertz CT molecular complexity index is 1090. The van der Waals surface area contributed by atoms with Crippen molar-refractivity contribution >= 4 is 25.8 Å². The van der Waals surface area contributed by atoms with E-state index in [4.69, 9.17) is 4.74 Å². The van der Waals surface area contributed by atoms with E-state index < -0.39 is 62.0 Å². The van der Waals surface area contributed by atoms with Crippen LogP contribution in [0.2, 0.25) is 0 Å². The third-order valence-corrected chi connectivity index (χ3v) is 9.00. The number of piperidine rings is 1. The van der Waals surface area contributed by atoms with E-state index in [1.165, 1.54) is 24.3 Å². The summed E-state index contributed by atoms with van der Waals surface area (Å²) in [5, 5.41) is 0. The van der Waals surface area contributed by atoms with Gasteiger partial charge in [-0.25, -0.2) is 16.8 Å². The van der Waals surface area contributed by atoms with Crippen molar-refractivity contribution < 1.29 is 44.3 Å². The Balaban J connectivity index is 2.49. The van der Waals surface area contributed by atoms with Crippen LogP contribution in [0, 0.1) is 11.8 Å². The molecule has 0 N–H and O–H groups in total. The van der Waals surface area contributed by atoms with E-state index in [0.717, 1.165) is 7.11 Å². The molecular formula is C18H20F3NO7S2. The minimum atomic E-state index is -5.67. The number of carbonyl (C=O) groups excluding carboxylic acids is 1. The quantitative estimate of drug-likeness (QED) is 0.448. The van der Waals surface area contributed by atoms with Gasteiger partial charge in [0, 0.05) is 13.1 Å². The molecule has 1 aromatic carbocycles. The number of hydrogen-bond donors (Lipinski definition) is 0. The number of methoxy groups -OCH3 is 1. The summed E-state index contributed by atoms with van der Waals surface area (Å²) < 4.78 is 96.8. The van der Waals surface area contributed by atoms with E-state index in [9.17, 15) is 34.8 Å². The van der Waals surface area contributed by atoms with Gasteiger partial charge in [0.2, 0.25) is 0 Å². The van der Waals surface area contributed by atoms with Crippen LogP contribution >= 0.6 is 0 Å². The highest BCUT2D eigenvalue weighted by Crippen LogP contribution is 2.41. The number of esters is 1. The third kappa shape index (κ3) is 4.51. The molecule has 1 aliphatic rings. The van der Waals surface area contributed by atoms with Crippen molar-refractivity contribution in [3.63, 3.8) is 0 Å². The maximum atomic E-state index is 13.5. The lowest BCUT2D eigenvalue weighted by molar-refractivity contribution is -0.144. The van der Waals surface area contributed by atoms with Crippen LogP contribution in [0.4, 0.5) is 13.2 Å². The number of nitrogens with zero attached hydrogens (tertiary/aromatic N) is 1. The topological polar surface area (TPSA) is 107 Å². The first kappa shape index (κ1) is 25.0. The van der Waals surface area contributed by atoms with Gasteiger partial charge in [0.25, 0.3) is 0 Å². The summed E-state index contributed by atoms with van der Waals surface area (Å²) in [5.41, 5.74) is -5.54. The number of benzene rings is 1. The summed E-state index contributed by atoms with van der Waals surface area (Å²) in [7, 11) is -9.28. The van der Waals surface area contributed by atoms with Crippen molar-refractivity contribution in [3.05, 3.63) is 24.3 Å². The van der Waals surface area contributed by atoms with Crippen molar-refractivity contribution in [3.8, 4) is 17.6 Å². The van der Waals surface area contributed by atoms with Gasteiger partial charge in [0.05, 0.1) is 7.11 Å². The molecule has 1 heterocycles. The molecule has 0 aliphatic carbocycles. The fourth-order valence-corrected chi connectivity index (χ4v) is 6.24. The molecule has 0 radical (unpaired) electrons. The summed E-state index contributed by atoms with van der Waals surface area (Å²) in [6.07, 6.45) is -1.44. The van der Waals surface area contributed by atoms with Crippen LogP contribution < -0.4 is 4.74 Å². The van der Waals surface area contributed by atoms with Gasteiger partial charge >= 0.3 is 21.5 Å². The van der Waals surface area contributed by atoms with Crippen LogP contribution in [0.1, 0.15) is 19.8 Å². The maximum absolute atomic E-state index is 13.5. The van der Waals surface area contributed by atoms with Crippen molar-refractivity contribution in [2.75, 3.05) is 26.8 Å². The molecular weight excluding hydrogens is 463 g/mol. The Hall–Kier alpha value is -2.30. The van der Waals surface area contributed by atoms with Gasteiger partial charge in [-0.1, -0.05) is 18.1 Å². The predicted octanol–water partition coefficient (Wildman–Crippen LogP) is 1.72. The largest absolute Gasteiger partial charge is 0.511 e. The third-order valence-electron chi connectivity index (χ3n) is 4.85. The molecule has 0 bridgehead atoms. The molecule has 0 aromatic heterocycles. The molecule has 0 unspecified atom stereocenters. The smallest absolute Gasteiger partial charge is 0.480 e. The second-order valence-electron chi connectivity index (χ2n) is 6.50. The fourth-order valence-electron chi connectivity index (χ4n) is 3.19. The van der Waals surface area contributed by atoms with Gasteiger partial charge in [0.15, 0.2) is 14.6 Å². The molecule has 0 atom stereocenters. The highest BCUT2D eigenvalue weighted by Gasteiger charge is 2.58. The lowest BCUT2D eigenvalue weighted by atomic mass is 9.97. The van der Waals surface area contributed by atoms with E-state index in [2.05, 4.69) is 16.6 Å². The first-order valence-corrected chi connectivity index (χ1v) is 11.8. The Kier molecular flexibility index (Phi) is 7.29. The molecule has 1 aromatic rings. The molecule has 1 aliphatic heterocycles. The Labute approximate surface area is 178 Å². The first-order valence-electron chi connectivity index (χ1n) is 8.86. The van der Waals surface area contributed by atoms with Gasteiger partial charge in [-0.2, -0.15) is 17.5 Å². The normalized spacial score (nSPS) is 17.3. The first-order chi connectivity index (χ1) is 14.3. The molecule has 0 amide bonds. The van der Waals surface area contributed by atoms with Crippen LogP contribution in [-0.2, 0) is 29.4 Å². The molecule has 172 valence electrons. The summed E-state index contributed by atoms with van der Waals surface area (Å²) in [5.74, 6) is 3.88. The van der Waals surface area contributed by atoms with Crippen LogP contribution in [0.25, 0.3) is 0 Å². The van der Waals surface area contributed by atoms with Gasteiger partial charge in [0.1, 0.15) is 17.3 Å². The standard InChI is InChI=1S/C18H20F3NO7S2/c1-3-4-13-29-14-7-5-6-8-15(14)30(24,25)17(16(23)28-2)9-11-22(12-10-17)31(26,27)18(19,20)21/h5-8H,9-13H2,1-2H3. The van der Waals surface area contributed by atoms with Crippen molar-refractivity contribution in [2.45, 2.75) is 34.9 Å². The molecule has 2 rings (SSSR count). The Morgan fingerprint density at radius 2 is 1.74 bits per heavy atom. The van der Waals surface area contributed by atoms with E-state index in [1.807, 2.05) is 0 Å². The Morgan fingerprint density at radius 3 is 2.26 bits per heavy atom. The molecule has 1 saturated heterocycles. The predicted molar refractivity (Wildman–Crippen MR) is 103 cm³/mol. The van der Waals surface area contributed by atoms with Gasteiger partial charge in [-0.3, -0.25) is 4.79 Å². The highest BCUT2D eigenvalue weighted by atomic mass is 32.2. The number of carbonyl (C=O) groups is 1. The van der Waals surface area contributed by atoms with Crippen LogP contribution in [0.15, 0.2) is 29.2 Å². The summed E-state index contributed by atoms with van der Waals surface area (Å²) in [6.45, 7) is -0.242. The average molecular weight is 483 g/mol. The van der Waals surface area contributed by atoms with Crippen molar-refractivity contribution in [1.29, 1.82) is 0 Å². The number of rotatable bonds is 6. The summed E-state index contributed by atoms with van der Waals surface area (Å²) in [6, 6.07) is 5.42. The van der Waals surface area contributed by atoms with Crippen molar-refractivity contribution in [1.82, 2.24) is 4.31 Å². The van der Waals surface area contributed by atoms with E-state index >= 15 is 0 Å². The van der Waals surface area contributed by atoms with Crippen LogP contribution in [-0.4, -0.2) is 64.2 Å². The monoisotopic (exact) mass is 483 g/mol. The number of alkyl halides is 3. The van der Waals surface area contributed by atoms with E-state index in [1.54, 1.807) is 6.92 Å². The zero-order valence-electron chi connectivity index (χ0n) is 16.6. The second-order valence-corrected chi connectivity index (χ2v) is 10.7. The molecule has 0 saturated carbocycles. The molecule has 0 spiro atoms. The number of halogens is 3. The van der Waals surface area contributed by atoms with Gasteiger partial charge < -0.3 is 9.47 Å². The summed E-state index contributed by atoms with van der Waals surface area (Å²) >= 11 is 0. The molecule has 1 fully saturated rings. The van der Waals surface area contributed by atoms with E-state index in [0.29, 0.717) is 0 Å². The van der Waals surface area contributed by atoms with Crippen LogP contribution in [0.5, 0.6) is 5.75 Å². The summed E-state index contributed by atoms with van der Waals surface area (Å²) in [4.78, 5) is 12.2. The van der Waals surface area contributed by atoms with Gasteiger partial charge in [-0.05, 0) is 31.9 Å². The lowest BCUT2D eigenvalue weighted by Gasteiger charge is -2.38. The zero-order chi connectivity index (χ0) is 23.5.